The predicted molar refractivity (Wildman–Crippen MR) is 48.7 cm³/mol. The summed E-state index contributed by atoms with van der Waals surface area (Å²) < 4.78 is 2.28. The minimum atomic E-state index is -1.24. The second kappa shape index (κ2) is 4.22. The monoisotopic (exact) mass is 173 g/mol. The normalized spacial score (nSPS) is 20.8. The Morgan fingerprint density at radius 1 is 1.64 bits per heavy atom. The smallest absolute Gasteiger partial charge is 0.423 e. The van der Waals surface area contributed by atoms with Crippen molar-refractivity contribution in [2.24, 2.45) is 0 Å². The van der Waals surface area contributed by atoms with E-state index in [0.29, 0.717) is 0 Å². The fraction of sp³-hybridized carbons (Fsp3) is 0.667. The molecule has 0 amide bonds. The van der Waals surface area contributed by atoms with E-state index >= 15 is 0 Å². The third-order valence-electron chi connectivity index (χ3n) is 1.89. The van der Waals surface area contributed by atoms with E-state index in [4.69, 9.17) is 10.0 Å². The van der Waals surface area contributed by atoms with Crippen molar-refractivity contribution >= 4 is 15.8 Å². The van der Waals surface area contributed by atoms with Gasteiger partial charge in [0.15, 0.2) is 0 Å². The van der Waals surface area contributed by atoms with E-state index in [1.807, 2.05) is 6.08 Å². The summed E-state index contributed by atoms with van der Waals surface area (Å²) in [6, 6.07) is 0. The van der Waals surface area contributed by atoms with Gasteiger partial charge in [-0.2, -0.15) is 0 Å². The maximum absolute atomic E-state index is 8.81. The first kappa shape index (κ1) is 9.20. The zero-order valence-corrected chi connectivity index (χ0v) is 7.62. The minimum Gasteiger partial charge on any atom is -0.423 e. The highest BCUT2D eigenvalue weighted by Crippen LogP contribution is 2.19. The molecule has 0 saturated carbocycles. The molecular formula is C6H13BNO2P. The van der Waals surface area contributed by atoms with Crippen LogP contribution in [0.15, 0.2) is 11.5 Å². The van der Waals surface area contributed by atoms with Crippen molar-refractivity contribution in [1.29, 1.82) is 0 Å². The summed E-state index contributed by atoms with van der Waals surface area (Å²) in [4.78, 5) is 0. The molecular weight excluding hydrogens is 160 g/mol. The van der Waals surface area contributed by atoms with Gasteiger partial charge in [0.1, 0.15) is 0 Å². The van der Waals surface area contributed by atoms with Gasteiger partial charge in [0.25, 0.3) is 0 Å². The molecule has 0 aromatic rings. The first-order valence-corrected chi connectivity index (χ1v) is 5.16. The van der Waals surface area contributed by atoms with E-state index < -0.39 is 7.12 Å². The predicted octanol–water partition coefficient (Wildman–Crippen LogP) is -0.146. The zero-order valence-electron chi connectivity index (χ0n) is 6.62. The maximum Gasteiger partial charge on any atom is 0.483 e. The minimum absolute atomic E-state index is 0.763. The number of hydrogen-bond donors (Lipinski definition) is 2. The van der Waals surface area contributed by atoms with Gasteiger partial charge in [-0.15, -0.1) is 0 Å². The van der Waals surface area contributed by atoms with Crippen LogP contribution in [0.3, 0.4) is 0 Å². The number of hydrogen-bond acceptors (Lipinski definition) is 3. The summed E-state index contributed by atoms with van der Waals surface area (Å²) in [5.41, 5.74) is 0.763. The molecule has 1 heterocycles. The molecule has 62 valence electrons. The molecule has 0 spiro atoms. The lowest BCUT2D eigenvalue weighted by molar-refractivity contribution is 0.407. The Morgan fingerprint density at radius 3 is 2.73 bits per heavy atom. The Bertz CT molecular complexity index is 163. The Kier molecular flexibility index (Phi) is 3.53. The van der Waals surface area contributed by atoms with Crippen LogP contribution in [-0.2, 0) is 0 Å². The van der Waals surface area contributed by atoms with Crippen LogP contribution in [0.25, 0.3) is 0 Å². The SMILES string of the molecule is CPN1CC=C(B(O)O)CC1. The molecule has 5 heteroatoms. The summed E-state index contributed by atoms with van der Waals surface area (Å²) in [7, 11) is -0.423. The third-order valence-corrected chi connectivity index (χ3v) is 2.93. The summed E-state index contributed by atoms with van der Waals surface area (Å²) in [6.45, 7) is 3.95. The third kappa shape index (κ3) is 2.56. The molecule has 0 fully saturated rings. The average Bonchev–Trinajstić information content (AvgIpc) is 2.05. The van der Waals surface area contributed by atoms with Crippen molar-refractivity contribution < 1.29 is 10.0 Å². The van der Waals surface area contributed by atoms with Gasteiger partial charge in [-0.3, -0.25) is 4.67 Å². The van der Waals surface area contributed by atoms with E-state index in [0.717, 1.165) is 33.7 Å². The highest BCUT2D eigenvalue weighted by Gasteiger charge is 2.18. The molecule has 1 aliphatic rings. The lowest BCUT2D eigenvalue weighted by atomic mass is 9.76. The molecule has 0 aromatic heterocycles. The summed E-state index contributed by atoms with van der Waals surface area (Å²) in [5.74, 6) is 0. The van der Waals surface area contributed by atoms with Gasteiger partial charge in [0, 0.05) is 13.1 Å². The van der Waals surface area contributed by atoms with Crippen molar-refractivity contribution in [2.45, 2.75) is 6.42 Å². The quantitative estimate of drug-likeness (QED) is 0.450. The van der Waals surface area contributed by atoms with E-state index in [1.54, 1.807) is 0 Å². The molecule has 0 saturated heterocycles. The second-order valence-corrected chi connectivity index (χ2v) is 3.65. The van der Waals surface area contributed by atoms with Crippen molar-refractivity contribution in [1.82, 2.24) is 4.67 Å². The molecule has 0 radical (unpaired) electrons. The van der Waals surface area contributed by atoms with Crippen LogP contribution in [-0.4, -0.2) is 41.6 Å². The van der Waals surface area contributed by atoms with Crippen molar-refractivity contribution in [3.8, 4) is 0 Å². The maximum atomic E-state index is 8.81. The molecule has 0 bridgehead atoms. The van der Waals surface area contributed by atoms with Gasteiger partial charge in [0.05, 0.1) is 0 Å². The van der Waals surface area contributed by atoms with Crippen molar-refractivity contribution in [2.75, 3.05) is 19.8 Å². The molecule has 3 nitrogen and oxygen atoms in total. The van der Waals surface area contributed by atoms with E-state index in [9.17, 15) is 0 Å². The second-order valence-electron chi connectivity index (χ2n) is 2.57. The largest absolute Gasteiger partial charge is 0.483 e. The molecule has 0 aromatic carbocycles. The topological polar surface area (TPSA) is 43.7 Å². The van der Waals surface area contributed by atoms with Gasteiger partial charge in [-0.25, -0.2) is 0 Å². The molecule has 1 rings (SSSR count). The van der Waals surface area contributed by atoms with Crippen LogP contribution >= 0.6 is 8.73 Å². The Labute approximate surface area is 69.1 Å². The van der Waals surface area contributed by atoms with E-state index in [1.165, 1.54) is 0 Å². The molecule has 1 aliphatic heterocycles. The highest BCUT2D eigenvalue weighted by atomic mass is 31.1. The van der Waals surface area contributed by atoms with Crippen LogP contribution in [0.2, 0.25) is 0 Å². The van der Waals surface area contributed by atoms with Gasteiger partial charge >= 0.3 is 7.12 Å². The Hall–Kier alpha value is 0.115. The van der Waals surface area contributed by atoms with E-state index in [-0.39, 0.29) is 0 Å². The van der Waals surface area contributed by atoms with Crippen LogP contribution in [0, 0.1) is 0 Å². The lowest BCUT2D eigenvalue weighted by Gasteiger charge is -2.24. The molecule has 2 N–H and O–H groups in total. The molecule has 0 aliphatic carbocycles. The number of nitrogens with zero attached hydrogens (tertiary/aromatic N) is 1. The molecule has 1 atom stereocenters. The number of rotatable bonds is 2. The average molecular weight is 173 g/mol. The van der Waals surface area contributed by atoms with Crippen molar-refractivity contribution in [3.63, 3.8) is 0 Å². The Balaban J connectivity index is 2.44. The van der Waals surface area contributed by atoms with Crippen molar-refractivity contribution in [3.05, 3.63) is 11.5 Å². The zero-order chi connectivity index (χ0) is 8.27. The first-order valence-electron chi connectivity index (χ1n) is 3.71. The van der Waals surface area contributed by atoms with Crippen LogP contribution in [0.4, 0.5) is 0 Å². The van der Waals surface area contributed by atoms with Gasteiger partial charge in [-0.05, 0) is 18.6 Å². The first-order chi connectivity index (χ1) is 5.24. The molecule has 1 unspecified atom stereocenters. The van der Waals surface area contributed by atoms with Crippen LogP contribution in [0.5, 0.6) is 0 Å². The van der Waals surface area contributed by atoms with E-state index in [2.05, 4.69) is 11.3 Å². The van der Waals surface area contributed by atoms with Crippen LogP contribution in [0.1, 0.15) is 6.42 Å². The lowest BCUT2D eigenvalue weighted by Crippen LogP contribution is -2.27. The fourth-order valence-corrected chi connectivity index (χ4v) is 1.73. The van der Waals surface area contributed by atoms with Crippen LogP contribution < -0.4 is 0 Å². The molecule has 11 heavy (non-hydrogen) atoms. The summed E-state index contributed by atoms with van der Waals surface area (Å²) in [6.07, 6.45) is 2.70. The highest BCUT2D eigenvalue weighted by molar-refractivity contribution is 7.34. The standard InChI is InChI=1S/C6H13BNO2P/c1-11-8-4-2-6(3-5-8)7(9)10/h2,9-11H,3-5H2,1H3. The fourth-order valence-electron chi connectivity index (χ4n) is 1.12. The van der Waals surface area contributed by atoms with Gasteiger partial charge in [0.2, 0.25) is 0 Å². The van der Waals surface area contributed by atoms with Gasteiger partial charge in [-0.1, -0.05) is 14.8 Å². The Morgan fingerprint density at radius 2 is 2.36 bits per heavy atom. The summed E-state index contributed by atoms with van der Waals surface area (Å²) in [5, 5.41) is 17.6. The summed E-state index contributed by atoms with van der Waals surface area (Å²) >= 11 is 0. The van der Waals surface area contributed by atoms with Gasteiger partial charge < -0.3 is 10.0 Å².